The Morgan fingerprint density at radius 1 is 0.780 bits per heavy atom. The van der Waals surface area contributed by atoms with E-state index in [4.69, 9.17) is 23.4 Å². The van der Waals surface area contributed by atoms with E-state index in [0.717, 1.165) is 6.07 Å². The Labute approximate surface area is 231 Å². The fourth-order valence-electron chi connectivity index (χ4n) is 4.71. The maximum atomic E-state index is 12.7. The molecule has 2 aromatic carbocycles. The van der Waals surface area contributed by atoms with Crippen molar-refractivity contribution < 1.29 is 64.2 Å². The van der Waals surface area contributed by atoms with Crippen LogP contribution >= 0.6 is 0 Å². The standard InChI is InChI=1S/C27H30O14/c1-10-20(31)22(33)24(35)26(38-10)37-9-18-21(32)23(34)25(36)27(41-18)39-13-6-14(29)19-15(30)8-16(40-17(19)7-13)11-2-4-12(28)5-3-11/h2-8,10,18,20-29,31-36H,9H2,1H3/t10-,18+,20-,21+,22+,23-,24+,25+,26-,27+/m0/s1. The van der Waals surface area contributed by atoms with E-state index in [1.165, 1.54) is 43.3 Å². The smallest absolute Gasteiger partial charge is 0.229 e. The molecule has 0 saturated carbocycles. The molecule has 8 N–H and O–H groups in total. The number of phenolic OH excluding ortho intramolecular Hbond substituents is 2. The van der Waals surface area contributed by atoms with Crippen molar-refractivity contribution in [2.75, 3.05) is 6.61 Å². The van der Waals surface area contributed by atoms with Gasteiger partial charge in [0.25, 0.3) is 0 Å². The van der Waals surface area contributed by atoms with Crippen molar-refractivity contribution in [1.29, 1.82) is 0 Å². The molecule has 2 aliphatic heterocycles. The molecule has 2 aliphatic rings. The van der Waals surface area contributed by atoms with Crippen LogP contribution in [-0.2, 0) is 14.2 Å². The van der Waals surface area contributed by atoms with Gasteiger partial charge in [0.05, 0.1) is 12.7 Å². The summed E-state index contributed by atoms with van der Waals surface area (Å²) in [5, 5.41) is 81.2. The second-order valence-electron chi connectivity index (χ2n) is 9.98. The molecule has 41 heavy (non-hydrogen) atoms. The lowest BCUT2D eigenvalue weighted by Gasteiger charge is -2.42. The maximum absolute atomic E-state index is 12.7. The lowest BCUT2D eigenvalue weighted by molar-refractivity contribution is -0.318. The minimum absolute atomic E-state index is 0.0145. The Bertz CT molecular complexity index is 1420. The minimum atomic E-state index is -1.76. The third-order valence-electron chi connectivity index (χ3n) is 7.09. The van der Waals surface area contributed by atoms with Gasteiger partial charge in [0.15, 0.2) is 11.7 Å². The molecule has 0 aliphatic carbocycles. The van der Waals surface area contributed by atoms with E-state index in [0.29, 0.717) is 5.56 Å². The van der Waals surface area contributed by atoms with Crippen LogP contribution in [0.2, 0.25) is 0 Å². The van der Waals surface area contributed by atoms with Crippen molar-refractivity contribution in [3.8, 4) is 28.6 Å². The highest BCUT2D eigenvalue weighted by molar-refractivity contribution is 5.86. The number of phenols is 2. The average molecular weight is 579 g/mol. The summed E-state index contributed by atoms with van der Waals surface area (Å²) in [5.74, 6) is -0.457. The van der Waals surface area contributed by atoms with E-state index in [9.17, 15) is 45.6 Å². The Kier molecular flexibility index (Phi) is 8.20. The first-order valence-electron chi connectivity index (χ1n) is 12.7. The van der Waals surface area contributed by atoms with Crippen molar-refractivity contribution in [3.05, 3.63) is 52.7 Å². The van der Waals surface area contributed by atoms with Crippen LogP contribution in [0.1, 0.15) is 6.92 Å². The first-order valence-corrected chi connectivity index (χ1v) is 12.7. The summed E-state index contributed by atoms with van der Waals surface area (Å²) in [4.78, 5) is 12.7. The van der Waals surface area contributed by atoms with Gasteiger partial charge in [-0.1, -0.05) is 0 Å². The quantitative estimate of drug-likeness (QED) is 0.174. The highest BCUT2D eigenvalue weighted by Gasteiger charge is 2.47. The van der Waals surface area contributed by atoms with Crippen molar-refractivity contribution in [2.45, 2.75) is 68.3 Å². The molecule has 0 bridgehead atoms. The van der Waals surface area contributed by atoms with Crippen LogP contribution in [0.5, 0.6) is 17.2 Å². The number of ether oxygens (including phenoxy) is 4. The Morgan fingerprint density at radius 2 is 1.44 bits per heavy atom. The molecule has 10 atom stereocenters. The lowest BCUT2D eigenvalue weighted by Crippen LogP contribution is -2.61. The Balaban J connectivity index is 1.35. The Hall–Kier alpha value is -3.31. The largest absolute Gasteiger partial charge is 0.508 e. The van der Waals surface area contributed by atoms with E-state index in [2.05, 4.69) is 0 Å². The van der Waals surface area contributed by atoms with Gasteiger partial charge in [0.1, 0.15) is 76.7 Å². The summed E-state index contributed by atoms with van der Waals surface area (Å²) in [6, 6.07) is 9.40. The van der Waals surface area contributed by atoms with Crippen molar-refractivity contribution in [1.82, 2.24) is 0 Å². The SMILES string of the molecule is C[C@@H]1O[C@H](OC[C@H]2O[C@@H](Oc3cc(O)c4c(=O)cc(-c5ccc(O)cc5)oc4c3)[C@H](O)[C@@H](O)[C@@H]2O)[C@H](O)[C@H](O)[C@H]1O. The number of aromatic hydroxyl groups is 2. The fourth-order valence-corrected chi connectivity index (χ4v) is 4.71. The average Bonchev–Trinajstić information content (AvgIpc) is 2.94. The molecule has 2 fully saturated rings. The van der Waals surface area contributed by atoms with Gasteiger partial charge in [0.2, 0.25) is 6.29 Å². The number of hydrogen-bond donors (Lipinski definition) is 8. The first-order chi connectivity index (χ1) is 19.4. The number of fused-ring (bicyclic) bond motifs is 1. The van der Waals surface area contributed by atoms with Crippen LogP contribution in [-0.4, -0.2) is 109 Å². The van der Waals surface area contributed by atoms with Gasteiger partial charge >= 0.3 is 0 Å². The van der Waals surface area contributed by atoms with Crippen LogP contribution in [0.3, 0.4) is 0 Å². The molecule has 0 unspecified atom stereocenters. The second kappa shape index (κ2) is 11.5. The van der Waals surface area contributed by atoms with E-state index in [1.807, 2.05) is 0 Å². The predicted octanol–water partition coefficient (Wildman–Crippen LogP) is -1.10. The molecule has 2 saturated heterocycles. The molecule has 14 heteroatoms. The number of aliphatic hydroxyl groups excluding tert-OH is 6. The molecule has 0 spiro atoms. The summed E-state index contributed by atoms with van der Waals surface area (Å²) >= 11 is 0. The molecule has 222 valence electrons. The molecular formula is C27H30O14. The zero-order chi connectivity index (χ0) is 29.6. The number of benzene rings is 2. The summed E-state index contributed by atoms with van der Waals surface area (Å²) in [6.07, 6.45) is -14.9. The fraction of sp³-hybridized carbons (Fsp3) is 0.444. The van der Waals surface area contributed by atoms with Crippen LogP contribution in [0.4, 0.5) is 0 Å². The van der Waals surface area contributed by atoms with Crippen molar-refractivity contribution in [3.63, 3.8) is 0 Å². The van der Waals surface area contributed by atoms with E-state index in [1.54, 1.807) is 0 Å². The molecule has 0 radical (unpaired) electrons. The third kappa shape index (κ3) is 5.74. The molecule has 14 nitrogen and oxygen atoms in total. The number of rotatable bonds is 6. The summed E-state index contributed by atoms with van der Waals surface area (Å²) in [5.41, 5.74) is -0.149. The maximum Gasteiger partial charge on any atom is 0.229 e. The zero-order valence-corrected chi connectivity index (χ0v) is 21.5. The summed E-state index contributed by atoms with van der Waals surface area (Å²) in [7, 11) is 0. The second-order valence-corrected chi connectivity index (χ2v) is 9.98. The molecule has 3 aromatic rings. The van der Waals surface area contributed by atoms with Crippen LogP contribution in [0, 0.1) is 0 Å². The molecule has 0 amide bonds. The van der Waals surface area contributed by atoms with E-state index >= 15 is 0 Å². The number of hydrogen-bond acceptors (Lipinski definition) is 14. The highest BCUT2D eigenvalue weighted by Crippen LogP contribution is 2.34. The van der Waals surface area contributed by atoms with Crippen molar-refractivity contribution in [2.24, 2.45) is 0 Å². The van der Waals surface area contributed by atoms with Crippen molar-refractivity contribution >= 4 is 11.0 Å². The minimum Gasteiger partial charge on any atom is -0.508 e. The van der Waals surface area contributed by atoms with Crippen LogP contribution < -0.4 is 10.2 Å². The number of aliphatic hydroxyl groups is 6. The Morgan fingerprint density at radius 3 is 2.15 bits per heavy atom. The lowest BCUT2D eigenvalue weighted by atomic mass is 9.98. The summed E-state index contributed by atoms with van der Waals surface area (Å²) in [6.45, 7) is 0.969. The molecule has 5 rings (SSSR count). The predicted molar refractivity (Wildman–Crippen MR) is 137 cm³/mol. The zero-order valence-electron chi connectivity index (χ0n) is 21.5. The van der Waals surface area contributed by atoms with Gasteiger partial charge < -0.3 is 64.2 Å². The van der Waals surface area contributed by atoms with Gasteiger partial charge in [-0.15, -0.1) is 0 Å². The van der Waals surface area contributed by atoms with Gasteiger partial charge in [-0.25, -0.2) is 0 Å². The van der Waals surface area contributed by atoms with Gasteiger partial charge in [0, 0.05) is 23.8 Å². The van der Waals surface area contributed by atoms with E-state index < -0.39 is 79.2 Å². The van der Waals surface area contributed by atoms with E-state index in [-0.39, 0.29) is 28.2 Å². The monoisotopic (exact) mass is 578 g/mol. The molecule has 3 heterocycles. The topological polar surface area (TPSA) is 229 Å². The first kappa shape index (κ1) is 29.2. The van der Waals surface area contributed by atoms with Gasteiger partial charge in [-0.05, 0) is 31.2 Å². The van der Waals surface area contributed by atoms with Crippen LogP contribution in [0.15, 0.2) is 51.7 Å². The summed E-state index contributed by atoms with van der Waals surface area (Å²) < 4.78 is 27.9. The highest BCUT2D eigenvalue weighted by atomic mass is 16.7. The molecule has 1 aromatic heterocycles. The normalized spacial score (nSPS) is 34.0. The van der Waals surface area contributed by atoms with Crippen LogP contribution in [0.25, 0.3) is 22.3 Å². The third-order valence-corrected chi connectivity index (χ3v) is 7.09. The molecular weight excluding hydrogens is 548 g/mol. The van der Waals surface area contributed by atoms with Gasteiger partial charge in [-0.3, -0.25) is 4.79 Å². The van der Waals surface area contributed by atoms with Gasteiger partial charge in [-0.2, -0.15) is 0 Å².